The molecule has 0 fully saturated rings. The van der Waals surface area contributed by atoms with Crippen LogP contribution in [0.25, 0.3) is 0 Å². The number of hydrogen-bond acceptors (Lipinski definition) is 8. The molecule has 0 radical (unpaired) electrons. The summed E-state index contributed by atoms with van der Waals surface area (Å²) in [7, 11) is 5.95. The minimum Gasteiger partial charge on any atom is -0.545 e. The van der Waals surface area contributed by atoms with Gasteiger partial charge in [0.1, 0.15) is 13.2 Å². The third-order valence-corrected chi connectivity index (χ3v) is 17.1. The number of nitrogens with zero attached hydrogens (tertiary/aromatic N) is 1. The Morgan fingerprint density at radius 3 is 0.780 bits per heavy atom. The summed E-state index contributed by atoms with van der Waals surface area (Å²) in [6, 6.07) is 0. The van der Waals surface area contributed by atoms with Crippen LogP contribution in [0.3, 0.4) is 0 Å². The predicted octanol–water partition coefficient (Wildman–Crippen LogP) is 21.3. The van der Waals surface area contributed by atoms with Crippen LogP contribution in [-0.4, -0.2) is 82.3 Å². The van der Waals surface area contributed by atoms with Gasteiger partial charge in [-0.1, -0.05) is 367 Å². The highest BCUT2D eigenvalue weighted by atomic mass is 16.7. The second kappa shape index (κ2) is 65.3. The molecule has 0 bridgehead atoms. The first-order valence-electron chi connectivity index (χ1n) is 36.7. The van der Waals surface area contributed by atoms with Gasteiger partial charge in [-0.25, -0.2) is 0 Å². The van der Waals surface area contributed by atoms with Crippen molar-refractivity contribution in [3.63, 3.8) is 0 Å². The fraction of sp³-hybridized carbons (Fsp3) is 0.959. The summed E-state index contributed by atoms with van der Waals surface area (Å²) < 4.78 is 22.8. The van der Waals surface area contributed by atoms with Gasteiger partial charge >= 0.3 is 11.9 Å². The number of carboxylic acids is 1. The molecule has 0 aliphatic carbocycles. The van der Waals surface area contributed by atoms with Gasteiger partial charge in [0.25, 0.3) is 0 Å². The van der Waals surface area contributed by atoms with Gasteiger partial charge in [-0.2, -0.15) is 0 Å². The first-order valence-corrected chi connectivity index (χ1v) is 36.7. The van der Waals surface area contributed by atoms with Crippen LogP contribution in [0.1, 0.15) is 393 Å². The number of rotatable bonds is 70. The molecule has 82 heavy (non-hydrogen) atoms. The standard InChI is InChI=1S/C73H143NO8/c1-6-8-10-12-14-16-18-20-22-24-26-28-29-30-31-32-33-34-35-36-37-38-39-40-41-42-43-44-46-48-50-52-54-56-58-60-62-64-71(76)82-69(68-81-73(72(77)78)79-66-65-74(3,4)5)67-80-70(75)63-61-59-57-55-53-51-49-47-45-27-25-23-21-19-17-15-13-11-9-7-2/h69,73H,6-68H2,1-5H3. The van der Waals surface area contributed by atoms with Crippen molar-refractivity contribution in [1.29, 1.82) is 0 Å². The zero-order valence-electron chi connectivity index (χ0n) is 55.9. The van der Waals surface area contributed by atoms with Crippen molar-refractivity contribution in [1.82, 2.24) is 0 Å². The van der Waals surface area contributed by atoms with Crippen molar-refractivity contribution in [2.75, 3.05) is 47.5 Å². The van der Waals surface area contributed by atoms with Gasteiger partial charge in [-0.3, -0.25) is 9.59 Å². The van der Waals surface area contributed by atoms with Gasteiger partial charge in [0, 0.05) is 12.8 Å². The summed E-state index contributed by atoms with van der Waals surface area (Å²) in [6.07, 6.45) is 75.0. The van der Waals surface area contributed by atoms with Gasteiger partial charge in [-0.05, 0) is 12.8 Å². The van der Waals surface area contributed by atoms with Crippen LogP contribution in [0.5, 0.6) is 0 Å². The minimum absolute atomic E-state index is 0.154. The summed E-state index contributed by atoms with van der Waals surface area (Å²) in [5, 5.41) is 11.8. The molecule has 0 aromatic rings. The Morgan fingerprint density at radius 2 is 0.549 bits per heavy atom. The van der Waals surface area contributed by atoms with E-state index in [1.165, 1.54) is 327 Å². The molecule has 0 aliphatic heterocycles. The van der Waals surface area contributed by atoms with Crippen LogP contribution in [-0.2, 0) is 33.3 Å². The molecule has 0 amide bonds. The molecule has 488 valence electrons. The largest absolute Gasteiger partial charge is 0.545 e. The lowest BCUT2D eigenvalue weighted by Gasteiger charge is -2.26. The van der Waals surface area contributed by atoms with E-state index in [1.807, 2.05) is 21.1 Å². The number of likely N-dealkylation sites (N-methyl/N-ethyl adjacent to an activating group) is 1. The van der Waals surface area contributed by atoms with Gasteiger partial charge in [-0.15, -0.1) is 0 Å². The Hall–Kier alpha value is -1.71. The number of ether oxygens (including phenoxy) is 4. The van der Waals surface area contributed by atoms with E-state index in [4.69, 9.17) is 18.9 Å². The molecule has 0 heterocycles. The maximum atomic E-state index is 12.9. The lowest BCUT2D eigenvalue weighted by Crippen LogP contribution is -2.44. The molecular weight excluding hydrogens is 1020 g/mol. The zero-order valence-corrected chi connectivity index (χ0v) is 55.9. The molecule has 0 N–H and O–H groups in total. The number of hydrogen-bond donors (Lipinski definition) is 0. The van der Waals surface area contributed by atoms with Gasteiger partial charge in [0.2, 0.25) is 0 Å². The third kappa shape index (κ3) is 65.8. The highest BCUT2D eigenvalue weighted by Gasteiger charge is 2.22. The normalized spacial score (nSPS) is 12.5. The van der Waals surface area contributed by atoms with Crippen LogP contribution in [0.2, 0.25) is 0 Å². The molecule has 2 atom stereocenters. The summed E-state index contributed by atoms with van der Waals surface area (Å²) in [5.74, 6) is -2.24. The van der Waals surface area contributed by atoms with Crippen molar-refractivity contribution >= 4 is 17.9 Å². The Balaban J connectivity index is 3.94. The fourth-order valence-electron chi connectivity index (χ4n) is 11.5. The number of esters is 2. The van der Waals surface area contributed by atoms with Crippen molar-refractivity contribution in [2.45, 2.75) is 405 Å². The fourth-order valence-corrected chi connectivity index (χ4v) is 11.5. The average Bonchev–Trinajstić information content (AvgIpc) is 3.47. The number of carbonyl (C=O) groups is 3. The summed E-state index contributed by atoms with van der Waals surface area (Å²) in [4.78, 5) is 37.5. The monoisotopic (exact) mass is 1160 g/mol. The van der Waals surface area contributed by atoms with E-state index in [9.17, 15) is 19.5 Å². The highest BCUT2D eigenvalue weighted by molar-refractivity contribution is 5.70. The SMILES string of the molecule is CCCCCCCCCCCCCCCCCCCCCCCCCCCCCCCCCCCCCCCC(=O)OC(COC(=O)CCCCCCCCCCCCCCCCCCCCCC)COC(OCC[N+](C)(C)C)C(=O)[O-]. The van der Waals surface area contributed by atoms with E-state index in [2.05, 4.69) is 13.8 Å². The molecule has 0 saturated heterocycles. The average molecular weight is 1160 g/mol. The van der Waals surface area contributed by atoms with E-state index in [0.717, 1.165) is 38.5 Å². The van der Waals surface area contributed by atoms with E-state index >= 15 is 0 Å². The lowest BCUT2D eigenvalue weighted by molar-refractivity contribution is -0.870. The van der Waals surface area contributed by atoms with Crippen molar-refractivity contribution in [2.24, 2.45) is 0 Å². The highest BCUT2D eigenvalue weighted by Crippen LogP contribution is 2.20. The second-order valence-corrected chi connectivity index (χ2v) is 26.6. The maximum absolute atomic E-state index is 12.9. The van der Waals surface area contributed by atoms with Gasteiger partial charge in [0.15, 0.2) is 12.4 Å². The number of aliphatic carboxylic acids is 1. The molecule has 0 aromatic heterocycles. The third-order valence-electron chi connectivity index (χ3n) is 17.1. The van der Waals surface area contributed by atoms with Crippen molar-refractivity contribution in [3.05, 3.63) is 0 Å². The lowest BCUT2D eigenvalue weighted by atomic mass is 10.0. The van der Waals surface area contributed by atoms with E-state index < -0.39 is 24.3 Å². The Bertz CT molecular complexity index is 1300. The quantitative estimate of drug-likeness (QED) is 0.0256. The second-order valence-electron chi connectivity index (χ2n) is 26.6. The van der Waals surface area contributed by atoms with Crippen LogP contribution in [0.4, 0.5) is 0 Å². The topological polar surface area (TPSA) is 111 Å². The van der Waals surface area contributed by atoms with E-state index in [-0.39, 0.29) is 32.2 Å². The van der Waals surface area contributed by atoms with Crippen LogP contribution >= 0.6 is 0 Å². The molecule has 0 saturated carbocycles. The maximum Gasteiger partial charge on any atom is 0.306 e. The van der Waals surface area contributed by atoms with Gasteiger partial charge in [0.05, 0.1) is 40.3 Å². The molecule has 0 aliphatic rings. The van der Waals surface area contributed by atoms with Crippen LogP contribution in [0, 0.1) is 0 Å². The van der Waals surface area contributed by atoms with Crippen molar-refractivity contribution < 1.29 is 42.9 Å². The summed E-state index contributed by atoms with van der Waals surface area (Å²) >= 11 is 0. The number of quaternary nitrogens is 1. The van der Waals surface area contributed by atoms with E-state index in [1.54, 1.807) is 0 Å². The zero-order chi connectivity index (χ0) is 59.8. The summed E-state index contributed by atoms with van der Waals surface area (Å²) in [5.41, 5.74) is 0. The Labute approximate surface area is 511 Å². The van der Waals surface area contributed by atoms with Crippen molar-refractivity contribution in [3.8, 4) is 0 Å². The molecule has 9 nitrogen and oxygen atoms in total. The first kappa shape index (κ1) is 80.3. The molecule has 0 rings (SSSR count). The Kier molecular flexibility index (Phi) is 63.9. The number of unbranched alkanes of at least 4 members (excludes halogenated alkanes) is 55. The molecular formula is C73H143NO8. The predicted molar refractivity (Wildman–Crippen MR) is 348 cm³/mol. The summed E-state index contributed by atoms with van der Waals surface area (Å²) in [6.45, 7) is 4.84. The Morgan fingerprint density at radius 1 is 0.317 bits per heavy atom. The molecule has 0 aromatic carbocycles. The number of carboxylic acid groups (broad SMARTS) is 1. The van der Waals surface area contributed by atoms with E-state index in [0.29, 0.717) is 17.4 Å². The van der Waals surface area contributed by atoms with Gasteiger partial charge < -0.3 is 33.3 Å². The van der Waals surface area contributed by atoms with Crippen LogP contribution < -0.4 is 5.11 Å². The minimum atomic E-state index is -1.62. The molecule has 2 unspecified atom stereocenters. The first-order chi connectivity index (χ1) is 40.1. The molecule has 0 spiro atoms. The molecule has 9 heteroatoms. The number of carbonyl (C=O) groups excluding carboxylic acids is 3. The van der Waals surface area contributed by atoms with Crippen LogP contribution in [0.15, 0.2) is 0 Å². The smallest absolute Gasteiger partial charge is 0.306 e.